The van der Waals surface area contributed by atoms with Crippen molar-refractivity contribution in [1.29, 1.82) is 0 Å². The van der Waals surface area contributed by atoms with Crippen molar-refractivity contribution in [2.75, 3.05) is 6.61 Å². The Morgan fingerprint density at radius 2 is 1.62 bits per heavy atom. The molecular formula is C20H14ClF6N3O2. The number of rotatable bonds is 5. The van der Waals surface area contributed by atoms with Crippen molar-refractivity contribution in [2.24, 2.45) is 0 Å². The minimum absolute atomic E-state index is 0.0000189. The molecule has 0 aliphatic carbocycles. The van der Waals surface area contributed by atoms with Crippen LogP contribution in [0.5, 0.6) is 0 Å². The molecule has 0 aliphatic heterocycles. The Bertz CT molecular complexity index is 1110. The first kappa shape index (κ1) is 23.6. The molecule has 0 fully saturated rings. The molecule has 0 amide bonds. The number of ether oxygens (including phenoxy) is 1. The van der Waals surface area contributed by atoms with E-state index >= 15 is 0 Å². The minimum Gasteiger partial charge on any atom is -0.461 e. The highest BCUT2D eigenvalue weighted by molar-refractivity contribution is 6.33. The van der Waals surface area contributed by atoms with Crippen molar-refractivity contribution < 1.29 is 35.9 Å². The van der Waals surface area contributed by atoms with E-state index in [-0.39, 0.29) is 40.2 Å². The average Bonchev–Trinajstić information content (AvgIpc) is 3.10. The molecule has 0 spiro atoms. The molecule has 0 radical (unpaired) electrons. The Morgan fingerprint density at radius 1 is 1.03 bits per heavy atom. The summed E-state index contributed by atoms with van der Waals surface area (Å²) in [4.78, 5) is 12.3. The Kier molecular flexibility index (Phi) is 6.49. The number of alkyl halides is 6. The van der Waals surface area contributed by atoms with Gasteiger partial charge in [0.1, 0.15) is 5.69 Å². The molecule has 2 aromatic carbocycles. The van der Waals surface area contributed by atoms with Gasteiger partial charge in [0, 0.05) is 5.56 Å². The van der Waals surface area contributed by atoms with Gasteiger partial charge in [-0.1, -0.05) is 35.0 Å². The fraction of sp³-hybridized carbons (Fsp3) is 0.250. The lowest BCUT2D eigenvalue weighted by Crippen LogP contribution is -2.14. The van der Waals surface area contributed by atoms with Gasteiger partial charge in [0.15, 0.2) is 5.69 Å². The molecule has 0 atom stereocenters. The maximum Gasteiger partial charge on any atom is 0.416 e. The van der Waals surface area contributed by atoms with E-state index in [9.17, 15) is 31.1 Å². The minimum atomic E-state index is -5.00. The highest BCUT2D eigenvalue weighted by Crippen LogP contribution is 2.37. The van der Waals surface area contributed by atoms with E-state index in [1.807, 2.05) is 0 Å². The van der Waals surface area contributed by atoms with Crippen LogP contribution in [0.25, 0.3) is 11.3 Å². The first-order valence-electron chi connectivity index (χ1n) is 9.05. The Morgan fingerprint density at radius 3 is 2.16 bits per heavy atom. The van der Waals surface area contributed by atoms with Crippen molar-refractivity contribution >= 4 is 17.6 Å². The first-order valence-corrected chi connectivity index (χ1v) is 9.43. The van der Waals surface area contributed by atoms with E-state index in [1.165, 1.54) is 12.1 Å². The highest BCUT2D eigenvalue weighted by Gasteiger charge is 2.37. The van der Waals surface area contributed by atoms with Gasteiger partial charge in [0.2, 0.25) is 0 Å². The Labute approximate surface area is 182 Å². The van der Waals surface area contributed by atoms with Gasteiger partial charge in [-0.3, -0.25) is 0 Å². The van der Waals surface area contributed by atoms with E-state index in [0.29, 0.717) is 12.1 Å². The molecule has 32 heavy (non-hydrogen) atoms. The molecule has 5 nitrogen and oxygen atoms in total. The molecule has 12 heteroatoms. The molecule has 0 unspecified atom stereocenters. The van der Waals surface area contributed by atoms with Gasteiger partial charge in [0.25, 0.3) is 0 Å². The number of benzene rings is 2. The molecule has 0 saturated heterocycles. The van der Waals surface area contributed by atoms with Crippen LogP contribution in [-0.2, 0) is 23.6 Å². The number of carbonyl (C=O) groups excluding carboxylic acids is 1. The number of nitrogens with zero attached hydrogens (tertiary/aromatic N) is 3. The van der Waals surface area contributed by atoms with Gasteiger partial charge in [-0.05, 0) is 36.8 Å². The van der Waals surface area contributed by atoms with E-state index < -0.39 is 36.0 Å². The van der Waals surface area contributed by atoms with Crippen molar-refractivity contribution in [3.8, 4) is 11.3 Å². The third kappa shape index (κ3) is 5.04. The van der Waals surface area contributed by atoms with Crippen LogP contribution in [0.4, 0.5) is 26.3 Å². The van der Waals surface area contributed by atoms with E-state index in [1.54, 1.807) is 19.1 Å². The molecular weight excluding hydrogens is 464 g/mol. The molecule has 1 aromatic heterocycles. The lowest BCUT2D eigenvalue weighted by atomic mass is 10.0. The molecule has 3 rings (SSSR count). The smallest absolute Gasteiger partial charge is 0.416 e. The summed E-state index contributed by atoms with van der Waals surface area (Å²) in [6.45, 7) is 1.02. The molecule has 0 aliphatic rings. The third-order valence-corrected chi connectivity index (χ3v) is 4.64. The third-order valence-electron chi connectivity index (χ3n) is 4.31. The van der Waals surface area contributed by atoms with Gasteiger partial charge in [-0.15, -0.1) is 5.10 Å². The Hall–Kier alpha value is -3.08. The largest absolute Gasteiger partial charge is 0.461 e. The van der Waals surface area contributed by atoms with E-state index in [4.69, 9.17) is 16.3 Å². The summed E-state index contributed by atoms with van der Waals surface area (Å²) >= 11 is 6.20. The van der Waals surface area contributed by atoms with Crippen LogP contribution in [0.3, 0.4) is 0 Å². The van der Waals surface area contributed by atoms with Crippen LogP contribution in [-0.4, -0.2) is 27.6 Å². The highest BCUT2D eigenvalue weighted by atomic mass is 35.5. The summed E-state index contributed by atoms with van der Waals surface area (Å²) in [5.74, 6) is -0.867. The van der Waals surface area contributed by atoms with Gasteiger partial charge >= 0.3 is 18.3 Å². The van der Waals surface area contributed by atoms with E-state index in [0.717, 1.165) is 4.68 Å². The number of esters is 1. The zero-order valence-electron chi connectivity index (χ0n) is 16.3. The van der Waals surface area contributed by atoms with Gasteiger partial charge in [-0.25, -0.2) is 9.48 Å². The normalized spacial score (nSPS) is 12.1. The second-order valence-corrected chi connectivity index (χ2v) is 6.97. The average molecular weight is 478 g/mol. The zero-order chi connectivity index (χ0) is 23.7. The number of halogens is 7. The molecule has 170 valence electrons. The topological polar surface area (TPSA) is 57.0 Å². The SMILES string of the molecule is CCOC(=O)c1nnn(Cc2cc(C(F)(F)F)cc(C(F)(F)F)c2)c1-c1ccccc1Cl. The van der Waals surface area contributed by atoms with Crippen molar-refractivity contribution in [3.05, 3.63) is 69.9 Å². The summed E-state index contributed by atoms with van der Waals surface area (Å²) in [5.41, 5.74) is -3.30. The van der Waals surface area contributed by atoms with Crippen LogP contribution >= 0.6 is 11.6 Å². The summed E-state index contributed by atoms with van der Waals surface area (Å²) < 4.78 is 85.0. The monoisotopic (exact) mass is 477 g/mol. The number of carbonyl (C=O) groups is 1. The van der Waals surface area contributed by atoms with Crippen LogP contribution in [0.15, 0.2) is 42.5 Å². The zero-order valence-corrected chi connectivity index (χ0v) is 17.0. The number of hydrogen-bond acceptors (Lipinski definition) is 4. The molecule has 0 bridgehead atoms. The van der Waals surface area contributed by atoms with Crippen LogP contribution in [0.2, 0.25) is 5.02 Å². The molecule has 0 saturated carbocycles. The number of aromatic nitrogens is 3. The predicted octanol–water partition coefficient (Wildman–Crippen LogP) is 5.86. The Balaban J connectivity index is 2.16. The summed E-state index contributed by atoms with van der Waals surface area (Å²) in [7, 11) is 0. The van der Waals surface area contributed by atoms with Gasteiger partial charge < -0.3 is 4.74 Å². The lowest BCUT2D eigenvalue weighted by Gasteiger charge is -2.15. The van der Waals surface area contributed by atoms with Crippen LogP contribution < -0.4 is 0 Å². The maximum absolute atomic E-state index is 13.2. The van der Waals surface area contributed by atoms with Crippen LogP contribution in [0.1, 0.15) is 34.1 Å². The quantitative estimate of drug-likeness (QED) is 0.341. The standard InChI is InChI=1S/C20H14ClF6N3O2/c1-2-32-18(31)16-17(14-5-3-4-6-15(14)21)30(29-28-16)10-11-7-12(19(22,23)24)9-13(8-11)20(25,26)27/h3-9H,2,10H2,1H3. The van der Waals surface area contributed by atoms with Gasteiger partial charge in [-0.2, -0.15) is 26.3 Å². The van der Waals surface area contributed by atoms with Crippen molar-refractivity contribution in [1.82, 2.24) is 15.0 Å². The second-order valence-electron chi connectivity index (χ2n) is 6.56. The summed E-state index contributed by atoms with van der Waals surface area (Å²) in [5, 5.41) is 7.65. The predicted molar refractivity (Wildman–Crippen MR) is 102 cm³/mol. The van der Waals surface area contributed by atoms with E-state index in [2.05, 4.69) is 10.3 Å². The molecule has 1 heterocycles. The van der Waals surface area contributed by atoms with Crippen molar-refractivity contribution in [3.63, 3.8) is 0 Å². The maximum atomic E-state index is 13.2. The lowest BCUT2D eigenvalue weighted by molar-refractivity contribution is -0.143. The van der Waals surface area contributed by atoms with Crippen LogP contribution in [0, 0.1) is 0 Å². The molecule has 3 aromatic rings. The summed E-state index contributed by atoms with van der Waals surface area (Å²) in [6, 6.07) is 7.38. The first-order chi connectivity index (χ1) is 14.9. The van der Waals surface area contributed by atoms with Crippen molar-refractivity contribution in [2.45, 2.75) is 25.8 Å². The molecule has 0 N–H and O–H groups in total. The number of hydrogen-bond donors (Lipinski definition) is 0. The fourth-order valence-electron chi connectivity index (χ4n) is 2.96. The second kappa shape index (κ2) is 8.81. The fourth-order valence-corrected chi connectivity index (χ4v) is 3.19. The summed E-state index contributed by atoms with van der Waals surface area (Å²) in [6.07, 6.45) is -10.00. The van der Waals surface area contributed by atoms with Gasteiger partial charge in [0.05, 0.1) is 29.3 Å².